The van der Waals surface area contributed by atoms with Gasteiger partial charge in [0, 0.05) is 0 Å². The molecule has 0 unspecified atom stereocenters. The van der Waals surface area contributed by atoms with Crippen molar-refractivity contribution in [3.8, 4) is 5.75 Å². The van der Waals surface area contributed by atoms with Crippen LogP contribution < -0.4 is 4.52 Å². The standard InChI is InChI=1S/C7H10BrO3P/c1-12(9,10)11-7-4-2-6(8)3-5-7/h2-5,9-10,12H,1H3. The summed E-state index contributed by atoms with van der Waals surface area (Å²) >= 11 is 3.26. The van der Waals surface area contributed by atoms with Crippen LogP contribution in [0.1, 0.15) is 0 Å². The van der Waals surface area contributed by atoms with E-state index >= 15 is 0 Å². The molecule has 0 aliphatic rings. The maximum absolute atomic E-state index is 9.00. The Morgan fingerprint density at radius 1 is 1.25 bits per heavy atom. The summed E-state index contributed by atoms with van der Waals surface area (Å²) in [5.74, 6) is 0.470. The van der Waals surface area contributed by atoms with Gasteiger partial charge in [0.1, 0.15) is 0 Å². The minimum atomic E-state index is -3.43. The van der Waals surface area contributed by atoms with E-state index in [0.717, 1.165) is 4.47 Å². The van der Waals surface area contributed by atoms with Gasteiger partial charge >= 0.3 is 79.3 Å². The molecule has 0 aliphatic carbocycles. The van der Waals surface area contributed by atoms with Gasteiger partial charge in [0.25, 0.3) is 0 Å². The molecule has 3 nitrogen and oxygen atoms in total. The predicted octanol–water partition coefficient (Wildman–Crippen LogP) is 1.94. The molecule has 0 bridgehead atoms. The molecule has 1 aromatic rings. The molecule has 0 fully saturated rings. The Balaban J connectivity index is 2.71. The predicted molar refractivity (Wildman–Crippen MR) is 53.4 cm³/mol. The molecular formula is C7H10BrO3P. The van der Waals surface area contributed by atoms with Gasteiger partial charge in [0.15, 0.2) is 0 Å². The van der Waals surface area contributed by atoms with Crippen molar-refractivity contribution >= 4 is 23.9 Å². The molecule has 12 heavy (non-hydrogen) atoms. The van der Waals surface area contributed by atoms with Gasteiger partial charge in [0.05, 0.1) is 0 Å². The second-order valence-electron chi connectivity index (χ2n) is 2.49. The zero-order valence-corrected chi connectivity index (χ0v) is 9.08. The second-order valence-corrected chi connectivity index (χ2v) is 5.48. The first-order valence-electron chi connectivity index (χ1n) is 3.37. The molecule has 0 saturated carbocycles. The van der Waals surface area contributed by atoms with E-state index in [0.29, 0.717) is 5.75 Å². The third-order valence-electron chi connectivity index (χ3n) is 1.12. The fourth-order valence-corrected chi connectivity index (χ4v) is 1.57. The van der Waals surface area contributed by atoms with E-state index in [1.54, 1.807) is 24.3 Å². The Kier molecular flexibility index (Phi) is 3.07. The first-order chi connectivity index (χ1) is 5.47. The van der Waals surface area contributed by atoms with Crippen LogP contribution in [-0.2, 0) is 0 Å². The van der Waals surface area contributed by atoms with Gasteiger partial charge in [-0.3, -0.25) is 0 Å². The molecule has 68 valence electrons. The summed E-state index contributed by atoms with van der Waals surface area (Å²) in [6.45, 7) is 1.29. The van der Waals surface area contributed by atoms with Crippen molar-refractivity contribution in [2.24, 2.45) is 0 Å². The van der Waals surface area contributed by atoms with Crippen molar-refractivity contribution < 1.29 is 14.3 Å². The first-order valence-corrected chi connectivity index (χ1v) is 6.46. The monoisotopic (exact) mass is 252 g/mol. The van der Waals surface area contributed by atoms with E-state index in [1.165, 1.54) is 6.66 Å². The van der Waals surface area contributed by atoms with E-state index in [2.05, 4.69) is 15.9 Å². The van der Waals surface area contributed by atoms with Gasteiger partial charge in [-0.1, -0.05) is 0 Å². The number of hydrogen-bond donors (Lipinski definition) is 2. The summed E-state index contributed by atoms with van der Waals surface area (Å²) in [7, 11) is -3.43. The fourth-order valence-electron chi connectivity index (χ4n) is 0.726. The summed E-state index contributed by atoms with van der Waals surface area (Å²) in [4.78, 5) is 18.0. The average molecular weight is 253 g/mol. The van der Waals surface area contributed by atoms with Crippen LogP contribution in [0.25, 0.3) is 0 Å². The van der Waals surface area contributed by atoms with Gasteiger partial charge < -0.3 is 0 Å². The number of rotatable bonds is 2. The van der Waals surface area contributed by atoms with E-state index < -0.39 is 7.94 Å². The molecule has 0 saturated heterocycles. The van der Waals surface area contributed by atoms with Crippen LogP contribution >= 0.6 is 23.9 Å². The van der Waals surface area contributed by atoms with Crippen molar-refractivity contribution in [1.82, 2.24) is 0 Å². The summed E-state index contributed by atoms with van der Waals surface area (Å²) in [5.41, 5.74) is 0. The molecule has 0 amide bonds. The summed E-state index contributed by atoms with van der Waals surface area (Å²) in [5, 5.41) is 0. The molecule has 0 aromatic heterocycles. The Bertz CT molecular complexity index is 254. The SMILES string of the molecule is C[PH](O)(O)Oc1ccc(Br)cc1. The van der Waals surface area contributed by atoms with E-state index in [-0.39, 0.29) is 0 Å². The summed E-state index contributed by atoms with van der Waals surface area (Å²) in [6.07, 6.45) is 0. The Hall–Kier alpha value is -0.150. The molecule has 0 heterocycles. The Morgan fingerprint density at radius 3 is 2.17 bits per heavy atom. The van der Waals surface area contributed by atoms with Gasteiger partial charge in [-0.25, -0.2) is 0 Å². The molecule has 5 heteroatoms. The number of halogens is 1. The molecule has 2 N–H and O–H groups in total. The van der Waals surface area contributed by atoms with Crippen molar-refractivity contribution in [2.45, 2.75) is 0 Å². The summed E-state index contributed by atoms with van der Waals surface area (Å²) in [6, 6.07) is 6.88. The maximum atomic E-state index is 9.00. The third-order valence-corrected chi connectivity index (χ3v) is 2.28. The Morgan fingerprint density at radius 2 is 1.75 bits per heavy atom. The summed E-state index contributed by atoms with van der Waals surface area (Å²) < 4.78 is 5.81. The van der Waals surface area contributed by atoms with E-state index in [1.807, 2.05) is 0 Å². The third kappa shape index (κ3) is 3.50. The normalized spacial score (nSPS) is 12.7. The van der Waals surface area contributed by atoms with Crippen LogP contribution in [0.5, 0.6) is 5.75 Å². The van der Waals surface area contributed by atoms with Crippen LogP contribution in [0.2, 0.25) is 0 Å². The molecule has 0 radical (unpaired) electrons. The zero-order valence-electron chi connectivity index (χ0n) is 6.49. The van der Waals surface area contributed by atoms with Gasteiger partial charge in [-0.05, 0) is 0 Å². The van der Waals surface area contributed by atoms with Crippen molar-refractivity contribution in [1.29, 1.82) is 0 Å². The molecular weight excluding hydrogens is 243 g/mol. The molecule has 1 rings (SSSR count). The quantitative estimate of drug-likeness (QED) is 0.792. The fraction of sp³-hybridized carbons (Fsp3) is 0.143. The van der Waals surface area contributed by atoms with Crippen molar-refractivity contribution in [2.75, 3.05) is 6.66 Å². The van der Waals surface area contributed by atoms with Crippen LogP contribution in [-0.4, -0.2) is 16.5 Å². The minimum absolute atomic E-state index is 0.470. The number of hydrogen-bond acceptors (Lipinski definition) is 3. The van der Waals surface area contributed by atoms with Crippen LogP contribution in [0, 0.1) is 0 Å². The molecule has 0 aliphatic heterocycles. The van der Waals surface area contributed by atoms with Gasteiger partial charge in [0.2, 0.25) is 0 Å². The first kappa shape index (κ1) is 9.93. The molecule has 0 atom stereocenters. The average Bonchev–Trinajstić information content (AvgIpc) is 1.91. The second kappa shape index (κ2) is 3.71. The van der Waals surface area contributed by atoms with Crippen LogP contribution in [0.4, 0.5) is 0 Å². The molecule has 0 spiro atoms. The molecule has 1 aromatic carbocycles. The van der Waals surface area contributed by atoms with E-state index in [4.69, 9.17) is 14.3 Å². The topological polar surface area (TPSA) is 49.7 Å². The number of benzene rings is 1. The zero-order chi connectivity index (χ0) is 9.19. The van der Waals surface area contributed by atoms with Crippen molar-refractivity contribution in [3.05, 3.63) is 28.7 Å². The van der Waals surface area contributed by atoms with Gasteiger partial charge in [-0.15, -0.1) is 0 Å². The van der Waals surface area contributed by atoms with Crippen LogP contribution in [0.15, 0.2) is 28.7 Å². The van der Waals surface area contributed by atoms with Crippen molar-refractivity contribution in [3.63, 3.8) is 0 Å². The van der Waals surface area contributed by atoms with Crippen LogP contribution in [0.3, 0.4) is 0 Å². The van der Waals surface area contributed by atoms with Gasteiger partial charge in [-0.2, -0.15) is 0 Å². The Labute approximate surface area is 79.7 Å². The van der Waals surface area contributed by atoms with E-state index in [9.17, 15) is 0 Å².